The van der Waals surface area contributed by atoms with Crippen molar-refractivity contribution in [3.63, 3.8) is 0 Å². The number of rotatable bonds is 0. The van der Waals surface area contributed by atoms with Crippen LogP contribution in [-0.4, -0.2) is 18.6 Å². The summed E-state index contributed by atoms with van der Waals surface area (Å²) < 4.78 is 0. The SMILES string of the molecule is C=[PH]1CC1. The van der Waals surface area contributed by atoms with Crippen molar-refractivity contribution in [3.05, 3.63) is 0 Å². The van der Waals surface area contributed by atoms with E-state index in [1.54, 1.807) is 0 Å². The van der Waals surface area contributed by atoms with Crippen molar-refractivity contribution in [1.82, 2.24) is 0 Å². The molecule has 0 nitrogen and oxygen atoms in total. The Morgan fingerprint density at radius 3 is 1.75 bits per heavy atom. The molecule has 1 heterocycles. The molecule has 0 atom stereocenters. The molecule has 0 aromatic carbocycles. The summed E-state index contributed by atoms with van der Waals surface area (Å²) in [4.78, 5) is 0. The lowest BCUT2D eigenvalue weighted by Crippen LogP contribution is -1.20. The van der Waals surface area contributed by atoms with Gasteiger partial charge in [-0.25, -0.2) is 0 Å². The van der Waals surface area contributed by atoms with E-state index in [9.17, 15) is 0 Å². The molecular formula is C3H7P. The smallest absolute Gasteiger partial charge is 0.0321 e. The minimum absolute atomic E-state index is 0.120. The predicted octanol–water partition coefficient (Wildman–Crippen LogP) is 0.646. The van der Waals surface area contributed by atoms with E-state index in [4.69, 9.17) is 0 Å². The first kappa shape index (κ1) is 2.53. The van der Waals surface area contributed by atoms with E-state index in [0.29, 0.717) is 0 Å². The average Bonchev–Trinajstić information content (AvgIpc) is 1.75. The zero-order valence-corrected chi connectivity index (χ0v) is 3.62. The Balaban J connectivity index is 2.60. The molecule has 1 aliphatic rings. The zero-order chi connectivity index (χ0) is 2.99. The molecule has 4 heavy (non-hydrogen) atoms. The van der Waals surface area contributed by atoms with Crippen molar-refractivity contribution in [2.75, 3.05) is 12.3 Å². The summed E-state index contributed by atoms with van der Waals surface area (Å²) in [6.45, 7) is 0. The van der Waals surface area contributed by atoms with E-state index in [0.717, 1.165) is 0 Å². The first-order valence-corrected chi connectivity index (χ1v) is 3.68. The quantitative estimate of drug-likeness (QED) is 0.370. The van der Waals surface area contributed by atoms with Gasteiger partial charge in [-0.3, -0.25) is 0 Å². The molecule has 1 heteroatoms. The van der Waals surface area contributed by atoms with Crippen LogP contribution < -0.4 is 0 Å². The Bertz CT molecular complexity index is 41.2. The molecule has 0 aliphatic carbocycles. The van der Waals surface area contributed by atoms with Crippen molar-refractivity contribution < 1.29 is 0 Å². The van der Waals surface area contributed by atoms with Gasteiger partial charge < -0.3 is 0 Å². The molecule has 1 rings (SSSR count). The van der Waals surface area contributed by atoms with Gasteiger partial charge in [0.25, 0.3) is 0 Å². The predicted molar refractivity (Wildman–Crippen MR) is 25.2 cm³/mol. The molecule has 0 saturated carbocycles. The fraction of sp³-hybridized carbons (Fsp3) is 0.667. The van der Waals surface area contributed by atoms with Crippen LogP contribution in [0.15, 0.2) is 0 Å². The van der Waals surface area contributed by atoms with Crippen LogP contribution in [0.3, 0.4) is 0 Å². The third kappa shape index (κ3) is 0.357. The summed E-state index contributed by atoms with van der Waals surface area (Å²) in [6.07, 6.45) is 6.81. The van der Waals surface area contributed by atoms with Crippen molar-refractivity contribution in [1.29, 1.82) is 0 Å². The second-order valence-electron chi connectivity index (χ2n) is 1.25. The number of hydrogen-bond donors (Lipinski definition) is 0. The van der Waals surface area contributed by atoms with Crippen molar-refractivity contribution in [2.24, 2.45) is 0 Å². The molecule has 0 N–H and O–H groups in total. The third-order valence-corrected chi connectivity index (χ3v) is 1.81. The summed E-state index contributed by atoms with van der Waals surface area (Å²) in [5.41, 5.74) is 0. The van der Waals surface area contributed by atoms with Crippen LogP contribution in [0.25, 0.3) is 0 Å². The number of hydrogen-bond acceptors (Lipinski definition) is 0. The molecule has 0 unspecified atom stereocenters. The van der Waals surface area contributed by atoms with E-state index >= 15 is 0 Å². The molecule has 0 aromatic heterocycles. The highest BCUT2D eigenvalue weighted by molar-refractivity contribution is 7.63. The van der Waals surface area contributed by atoms with E-state index in [-0.39, 0.29) is 7.55 Å². The Kier molecular flexibility index (Phi) is 0.393. The summed E-state index contributed by atoms with van der Waals surface area (Å²) in [6, 6.07) is 0. The normalized spacial score (nSPS) is 26.0. The van der Waals surface area contributed by atoms with Gasteiger partial charge in [0.05, 0.1) is 0 Å². The maximum absolute atomic E-state index is 3.85. The minimum Gasteiger partial charge on any atom is -0.124 e. The molecule has 1 aliphatic heterocycles. The molecule has 0 spiro atoms. The largest absolute Gasteiger partial charge is 0.124 e. The van der Waals surface area contributed by atoms with Crippen LogP contribution in [0.1, 0.15) is 0 Å². The van der Waals surface area contributed by atoms with Crippen LogP contribution in [0.5, 0.6) is 0 Å². The topological polar surface area (TPSA) is 0 Å². The van der Waals surface area contributed by atoms with Crippen molar-refractivity contribution >= 4 is 13.8 Å². The Hall–Kier alpha value is 0.300. The van der Waals surface area contributed by atoms with Gasteiger partial charge in [-0.1, -0.05) is 0 Å². The van der Waals surface area contributed by atoms with E-state index in [1.165, 1.54) is 12.3 Å². The molecule has 0 radical (unpaired) electrons. The molecule has 24 valence electrons. The van der Waals surface area contributed by atoms with Gasteiger partial charge in [-0.15, -0.1) is 13.8 Å². The fourth-order valence-corrected chi connectivity index (χ4v) is 0.795. The maximum atomic E-state index is 3.85. The summed E-state index contributed by atoms with van der Waals surface area (Å²) in [5, 5.41) is 0. The Morgan fingerprint density at radius 1 is 1.50 bits per heavy atom. The summed E-state index contributed by atoms with van der Waals surface area (Å²) >= 11 is 0. The fourth-order valence-electron chi connectivity index (χ4n) is 0.0884. The van der Waals surface area contributed by atoms with Gasteiger partial charge in [-0.2, -0.15) is 0 Å². The minimum atomic E-state index is 0.120. The van der Waals surface area contributed by atoms with Crippen LogP contribution >= 0.6 is 7.55 Å². The lowest BCUT2D eigenvalue weighted by atomic mass is 11.0. The van der Waals surface area contributed by atoms with Gasteiger partial charge in [-0.05, 0) is 12.3 Å². The van der Waals surface area contributed by atoms with Gasteiger partial charge in [0.15, 0.2) is 0 Å². The molecule has 0 bridgehead atoms. The molecule has 1 saturated heterocycles. The van der Waals surface area contributed by atoms with Crippen LogP contribution in [-0.2, 0) is 0 Å². The molecular weight excluding hydrogens is 67.0 g/mol. The van der Waals surface area contributed by atoms with Gasteiger partial charge in [0, 0.05) is 0 Å². The second-order valence-corrected chi connectivity index (χ2v) is 3.75. The first-order valence-electron chi connectivity index (χ1n) is 1.56. The highest BCUT2D eigenvalue weighted by atomic mass is 31.1. The first-order chi connectivity index (χ1) is 1.89. The van der Waals surface area contributed by atoms with Crippen LogP contribution in [0, 0.1) is 0 Å². The maximum Gasteiger partial charge on any atom is -0.0321 e. The lowest BCUT2D eigenvalue weighted by Gasteiger charge is -1.37. The average molecular weight is 74.1 g/mol. The zero-order valence-electron chi connectivity index (χ0n) is 2.62. The van der Waals surface area contributed by atoms with Crippen LogP contribution in [0.4, 0.5) is 0 Å². The molecule has 0 aromatic rings. The van der Waals surface area contributed by atoms with E-state index in [2.05, 4.69) is 6.30 Å². The van der Waals surface area contributed by atoms with Gasteiger partial charge in [0.1, 0.15) is 0 Å². The highest BCUT2D eigenvalue weighted by Crippen LogP contribution is 2.34. The summed E-state index contributed by atoms with van der Waals surface area (Å²) in [5.74, 6) is 0. The lowest BCUT2D eigenvalue weighted by molar-refractivity contribution is 1.75. The van der Waals surface area contributed by atoms with E-state index in [1.807, 2.05) is 0 Å². The highest BCUT2D eigenvalue weighted by Gasteiger charge is 2.02. The van der Waals surface area contributed by atoms with Gasteiger partial charge >= 0.3 is 0 Å². The summed E-state index contributed by atoms with van der Waals surface area (Å²) in [7, 11) is 0.120. The van der Waals surface area contributed by atoms with Gasteiger partial charge in [0.2, 0.25) is 0 Å². The third-order valence-electron chi connectivity index (χ3n) is 0.604. The molecule has 0 amide bonds. The standard InChI is InChI=1S/C3H7P/c1-4-2-3-4/h4H,1-3H2. The Morgan fingerprint density at radius 2 is 1.75 bits per heavy atom. The van der Waals surface area contributed by atoms with Crippen LogP contribution in [0.2, 0.25) is 0 Å². The van der Waals surface area contributed by atoms with Crippen molar-refractivity contribution in [2.45, 2.75) is 0 Å². The monoisotopic (exact) mass is 74.0 g/mol. The van der Waals surface area contributed by atoms with Crippen molar-refractivity contribution in [3.8, 4) is 0 Å². The second kappa shape index (κ2) is 0.621. The Labute approximate surface area is 27.2 Å². The van der Waals surface area contributed by atoms with E-state index < -0.39 is 0 Å². The molecule has 1 fully saturated rings.